The van der Waals surface area contributed by atoms with Crippen LogP contribution in [-0.2, 0) is 28.7 Å². The molecule has 1 rings (SSSR count). The minimum absolute atomic E-state index is 0.0481. The van der Waals surface area contributed by atoms with E-state index in [1.807, 2.05) is 43.3 Å². The molecule has 204 valence electrons. The number of ether oxygens (including phenoxy) is 2. The third-order valence-electron chi connectivity index (χ3n) is 6.20. The summed E-state index contributed by atoms with van der Waals surface area (Å²) in [6.45, 7) is 6.31. The van der Waals surface area contributed by atoms with Gasteiger partial charge in [0.2, 0.25) is 5.91 Å². The second kappa shape index (κ2) is 17.9. The molecule has 0 heterocycles. The van der Waals surface area contributed by atoms with E-state index in [1.54, 1.807) is 0 Å². The van der Waals surface area contributed by atoms with Crippen molar-refractivity contribution in [2.24, 2.45) is 11.8 Å². The Balaban J connectivity index is 2.70. The number of hydrogen-bond donors (Lipinski definition) is 1. The molecule has 0 aromatic carbocycles. The molecule has 0 radical (unpaired) electrons. The molecule has 1 amide bonds. The van der Waals surface area contributed by atoms with Crippen LogP contribution in [0.4, 0.5) is 0 Å². The average molecular weight is 507 g/mol. The fourth-order valence-electron chi connectivity index (χ4n) is 4.34. The summed E-state index contributed by atoms with van der Waals surface area (Å²) in [6.07, 6.45) is 13.3. The van der Waals surface area contributed by atoms with E-state index in [-0.39, 0.29) is 42.0 Å². The highest BCUT2D eigenvalue weighted by Gasteiger charge is 2.42. The van der Waals surface area contributed by atoms with Gasteiger partial charge in [0.05, 0.1) is 0 Å². The Bertz CT molecular complexity index is 761. The smallest absolute Gasteiger partial charge is 0.303 e. The zero-order chi connectivity index (χ0) is 26.9. The fraction of sp³-hybridized carbons (Fsp3) is 0.714. The third-order valence-corrected chi connectivity index (χ3v) is 6.20. The Morgan fingerprint density at radius 1 is 1.11 bits per heavy atom. The molecule has 0 unspecified atom stereocenters. The maximum Gasteiger partial charge on any atom is 0.303 e. The van der Waals surface area contributed by atoms with Crippen LogP contribution in [0, 0.1) is 11.8 Å². The Labute approximate surface area is 216 Å². The maximum absolute atomic E-state index is 12.8. The first-order valence-corrected chi connectivity index (χ1v) is 13.3. The van der Waals surface area contributed by atoms with Gasteiger partial charge in [0.15, 0.2) is 0 Å². The van der Waals surface area contributed by atoms with Crippen LogP contribution < -0.4 is 5.32 Å². The lowest BCUT2D eigenvalue weighted by molar-refractivity contribution is -0.147. The van der Waals surface area contributed by atoms with Crippen molar-refractivity contribution in [2.75, 3.05) is 27.2 Å². The van der Waals surface area contributed by atoms with Crippen molar-refractivity contribution < 1.29 is 28.7 Å². The molecule has 1 saturated carbocycles. The number of likely N-dealkylation sites (N-methyl/N-ethyl adjacent to an activating group) is 1. The highest BCUT2D eigenvalue weighted by Crippen LogP contribution is 2.35. The number of nitrogens with zero attached hydrogens (tertiary/aromatic N) is 1. The highest BCUT2D eigenvalue weighted by molar-refractivity contribution is 5.85. The SMILES string of the molecule is CCCCC[C@@H](/C=C/[C@H]1[C@H](OC(C)=O)CC(=O)[C@@H]1C/C=C\CCCC(=O)NCCN(C)C)OC(C)=O. The number of allylic oxidation sites excluding steroid dienone is 2. The summed E-state index contributed by atoms with van der Waals surface area (Å²) >= 11 is 0. The van der Waals surface area contributed by atoms with Gasteiger partial charge in [0.25, 0.3) is 0 Å². The molecule has 1 N–H and O–H groups in total. The molecule has 0 spiro atoms. The van der Waals surface area contributed by atoms with E-state index in [0.717, 1.165) is 45.1 Å². The largest absolute Gasteiger partial charge is 0.461 e. The maximum atomic E-state index is 12.8. The van der Waals surface area contributed by atoms with Crippen molar-refractivity contribution >= 4 is 23.6 Å². The molecule has 8 heteroatoms. The van der Waals surface area contributed by atoms with E-state index in [9.17, 15) is 19.2 Å². The second-order valence-electron chi connectivity index (χ2n) is 9.78. The van der Waals surface area contributed by atoms with Crippen LogP contribution in [0.2, 0.25) is 0 Å². The van der Waals surface area contributed by atoms with Crippen molar-refractivity contribution in [3.63, 3.8) is 0 Å². The van der Waals surface area contributed by atoms with Crippen LogP contribution in [0.25, 0.3) is 0 Å². The Morgan fingerprint density at radius 2 is 1.86 bits per heavy atom. The summed E-state index contributed by atoms with van der Waals surface area (Å²) in [6, 6.07) is 0. The van der Waals surface area contributed by atoms with Crippen molar-refractivity contribution in [3.05, 3.63) is 24.3 Å². The fourth-order valence-corrected chi connectivity index (χ4v) is 4.34. The normalized spacial score (nSPS) is 20.8. The summed E-state index contributed by atoms with van der Waals surface area (Å²) < 4.78 is 10.9. The van der Waals surface area contributed by atoms with E-state index in [1.165, 1.54) is 13.8 Å². The monoisotopic (exact) mass is 506 g/mol. The van der Waals surface area contributed by atoms with Crippen molar-refractivity contribution in [1.82, 2.24) is 10.2 Å². The molecular formula is C28H46N2O6. The number of rotatable bonds is 17. The van der Waals surface area contributed by atoms with Crippen LogP contribution >= 0.6 is 0 Å². The molecule has 0 aromatic rings. The molecule has 4 atom stereocenters. The molecule has 0 aromatic heterocycles. The lowest BCUT2D eigenvalue weighted by Gasteiger charge is -2.21. The molecule has 1 aliphatic carbocycles. The van der Waals surface area contributed by atoms with Gasteiger partial charge in [-0.25, -0.2) is 0 Å². The molecule has 1 aliphatic rings. The Kier molecular flexibility index (Phi) is 15.7. The second-order valence-corrected chi connectivity index (χ2v) is 9.78. The first-order valence-electron chi connectivity index (χ1n) is 13.3. The number of amides is 1. The topological polar surface area (TPSA) is 102 Å². The van der Waals surface area contributed by atoms with E-state index in [4.69, 9.17) is 9.47 Å². The van der Waals surface area contributed by atoms with Gasteiger partial charge in [-0.15, -0.1) is 0 Å². The van der Waals surface area contributed by atoms with E-state index < -0.39 is 12.1 Å². The predicted molar refractivity (Wildman–Crippen MR) is 140 cm³/mol. The number of nitrogens with one attached hydrogen (secondary N) is 1. The van der Waals surface area contributed by atoms with Gasteiger partial charge in [-0.05, 0) is 52.3 Å². The van der Waals surface area contributed by atoms with Gasteiger partial charge in [0, 0.05) is 51.6 Å². The molecular weight excluding hydrogens is 460 g/mol. The third kappa shape index (κ3) is 13.6. The lowest BCUT2D eigenvalue weighted by atomic mass is 9.90. The first-order chi connectivity index (χ1) is 17.1. The number of carbonyl (C=O) groups excluding carboxylic acids is 4. The molecule has 0 bridgehead atoms. The summed E-state index contributed by atoms with van der Waals surface area (Å²) in [5.41, 5.74) is 0. The van der Waals surface area contributed by atoms with Crippen LogP contribution in [0.1, 0.15) is 78.6 Å². The number of carbonyl (C=O) groups is 4. The Morgan fingerprint density at radius 3 is 2.50 bits per heavy atom. The standard InChI is InChI=1S/C28H46N2O6/c1-6-7-10-13-23(35-21(2)31)16-17-25-24(26(33)20-27(25)36-22(3)32)14-11-8-9-12-15-28(34)29-18-19-30(4)5/h8,11,16-17,23-25,27H,6-7,9-10,12-15,18-20H2,1-5H3,(H,29,34)/b11-8-,17-16+/t23-,24+,25+,27+/m0/s1. The lowest BCUT2D eigenvalue weighted by Crippen LogP contribution is -2.31. The molecule has 0 aliphatic heterocycles. The van der Waals surface area contributed by atoms with Crippen molar-refractivity contribution in [2.45, 2.75) is 90.8 Å². The van der Waals surface area contributed by atoms with Crippen LogP contribution in [0.3, 0.4) is 0 Å². The molecule has 1 fully saturated rings. The molecule has 0 saturated heterocycles. The van der Waals surface area contributed by atoms with E-state index in [2.05, 4.69) is 12.2 Å². The minimum atomic E-state index is -0.510. The Hall–Kier alpha value is -2.48. The van der Waals surface area contributed by atoms with Crippen LogP contribution in [0.15, 0.2) is 24.3 Å². The summed E-state index contributed by atoms with van der Waals surface area (Å²) in [5.74, 6) is -1.21. The number of unbranched alkanes of at least 4 members (excludes halogenated alkanes) is 3. The van der Waals surface area contributed by atoms with Crippen LogP contribution in [-0.4, -0.2) is 67.9 Å². The number of Topliss-reactive ketones (excluding diaryl/α,β-unsaturated/α-hetero) is 1. The van der Waals surface area contributed by atoms with Crippen molar-refractivity contribution in [1.29, 1.82) is 0 Å². The van der Waals surface area contributed by atoms with Crippen molar-refractivity contribution in [3.8, 4) is 0 Å². The van der Waals surface area contributed by atoms with E-state index in [0.29, 0.717) is 19.4 Å². The number of ketones is 1. The van der Waals surface area contributed by atoms with Crippen LogP contribution in [0.5, 0.6) is 0 Å². The number of hydrogen-bond acceptors (Lipinski definition) is 7. The molecule has 36 heavy (non-hydrogen) atoms. The summed E-state index contributed by atoms with van der Waals surface area (Å²) in [7, 11) is 3.93. The number of esters is 2. The van der Waals surface area contributed by atoms with Gasteiger partial charge in [0.1, 0.15) is 18.0 Å². The summed E-state index contributed by atoms with van der Waals surface area (Å²) in [5, 5.41) is 2.90. The highest BCUT2D eigenvalue weighted by atomic mass is 16.5. The predicted octanol–water partition coefficient (Wildman–Crippen LogP) is 3.99. The first kappa shape index (κ1) is 31.5. The van der Waals surface area contributed by atoms with Gasteiger partial charge in [-0.2, -0.15) is 0 Å². The van der Waals surface area contributed by atoms with Gasteiger partial charge < -0.3 is 19.7 Å². The van der Waals surface area contributed by atoms with Gasteiger partial charge >= 0.3 is 11.9 Å². The van der Waals surface area contributed by atoms with E-state index >= 15 is 0 Å². The quantitative estimate of drug-likeness (QED) is 0.181. The van der Waals surface area contributed by atoms with Gasteiger partial charge in [-0.1, -0.05) is 38.0 Å². The average Bonchev–Trinajstić information content (AvgIpc) is 3.07. The zero-order valence-corrected chi connectivity index (χ0v) is 22.8. The van der Waals surface area contributed by atoms with Gasteiger partial charge in [-0.3, -0.25) is 19.2 Å². The minimum Gasteiger partial charge on any atom is -0.461 e. The molecule has 8 nitrogen and oxygen atoms in total. The summed E-state index contributed by atoms with van der Waals surface area (Å²) in [4.78, 5) is 49.8. The zero-order valence-electron chi connectivity index (χ0n) is 22.8.